The number of aromatic nitrogens is 2. The number of hydrogen-bond acceptors (Lipinski definition) is 7. The number of amides is 1. The molecular formula is C23H30N4O5. The Kier molecular flexibility index (Phi) is 6.88. The molecule has 1 unspecified atom stereocenters. The van der Waals surface area contributed by atoms with Gasteiger partial charge in [0.05, 0.1) is 37.1 Å². The second-order valence-electron chi connectivity index (χ2n) is 8.04. The second kappa shape index (κ2) is 9.44. The molecular weight excluding hydrogens is 412 g/mol. The number of aromatic amines is 1. The van der Waals surface area contributed by atoms with Gasteiger partial charge in [0.2, 0.25) is 0 Å². The average Bonchev–Trinajstić information content (AvgIpc) is 3.22. The maximum atomic E-state index is 13.2. The van der Waals surface area contributed by atoms with Gasteiger partial charge in [-0.05, 0) is 47.0 Å². The molecule has 0 spiro atoms. The van der Waals surface area contributed by atoms with E-state index >= 15 is 0 Å². The maximum absolute atomic E-state index is 13.2. The summed E-state index contributed by atoms with van der Waals surface area (Å²) in [6, 6.07) is 4.46. The van der Waals surface area contributed by atoms with Gasteiger partial charge in [-0.25, -0.2) is 0 Å². The maximum Gasteiger partial charge on any atom is 0.295 e. The zero-order valence-corrected chi connectivity index (χ0v) is 19.4. The van der Waals surface area contributed by atoms with Crippen LogP contribution in [0.3, 0.4) is 0 Å². The number of Topliss-reactive ketones (excluding diaryl/α,β-unsaturated/α-hetero) is 1. The van der Waals surface area contributed by atoms with Gasteiger partial charge in [-0.3, -0.25) is 14.7 Å². The van der Waals surface area contributed by atoms with Gasteiger partial charge in [-0.1, -0.05) is 12.1 Å². The quantitative estimate of drug-likeness (QED) is 0.367. The number of ketones is 1. The summed E-state index contributed by atoms with van der Waals surface area (Å²) in [6.07, 6.45) is 0.659. The van der Waals surface area contributed by atoms with Gasteiger partial charge < -0.3 is 24.4 Å². The Labute approximate surface area is 187 Å². The monoisotopic (exact) mass is 442 g/mol. The van der Waals surface area contributed by atoms with E-state index < -0.39 is 17.7 Å². The van der Waals surface area contributed by atoms with E-state index in [0.29, 0.717) is 47.0 Å². The number of methoxy groups -OCH3 is 2. The zero-order chi connectivity index (χ0) is 23.6. The van der Waals surface area contributed by atoms with E-state index in [1.54, 1.807) is 32.0 Å². The summed E-state index contributed by atoms with van der Waals surface area (Å²) < 4.78 is 11.0. The number of likely N-dealkylation sites (tertiary alicyclic amines) is 1. The molecule has 172 valence electrons. The van der Waals surface area contributed by atoms with Crippen LogP contribution in [0, 0.1) is 13.8 Å². The molecule has 1 fully saturated rings. The molecule has 1 aromatic heterocycles. The highest BCUT2D eigenvalue weighted by molar-refractivity contribution is 6.46. The first-order chi connectivity index (χ1) is 15.2. The Balaban J connectivity index is 2.23. The number of aliphatic hydroxyl groups is 1. The molecule has 3 rings (SSSR count). The van der Waals surface area contributed by atoms with Crippen molar-refractivity contribution in [2.24, 2.45) is 0 Å². The summed E-state index contributed by atoms with van der Waals surface area (Å²) in [5.74, 6) is -0.760. The third kappa shape index (κ3) is 4.08. The van der Waals surface area contributed by atoms with Crippen molar-refractivity contribution in [3.05, 3.63) is 46.3 Å². The highest BCUT2D eigenvalue weighted by Gasteiger charge is 2.47. The molecule has 9 heteroatoms. The van der Waals surface area contributed by atoms with Crippen molar-refractivity contribution in [2.45, 2.75) is 26.3 Å². The van der Waals surface area contributed by atoms with E-state index in [2.05, 4.69) is 10.2 Å². The molecule has 2 aromatic rings. The number of rotatable bonds is 8. The molecule has 32 heavy (non-hydrogen) atoms. The predicted octanol–water partition coefficient (Wildman–Crippen LogP) is 2.42. The molecule has 1 aliphatic rings. The highest BCUT2D eigenvalue weighted by atomic mass is 16.5. The number of nitrogens with zero attached hydrogens (tertiary/aromatic N) is 3. The van der Waals surface area contributed by atoms with Crippen LogP contribution in [0.2, 0.25) is 0 Å². The van der Waals surface area contributed by atoms with E-state index in [1.807, 2.05) is 19.0 Å². The number of benzene rings is 1. The van der Waals surface area contributed by atoms with Crippen LogP contribution in [0.5, 0.6) is 11.5 Å². The number of nitrogens with one attached hydrogen (secondary N) is 1. The number of aliphatic hydroxyl groups excluding tert-OH is 1. The highest BCUT2D eigenvalue weighted by Crippen LogP contribution is 2.45. The van der Waals surface area contributed by atoms with Crippen LogP contribution in [0.1, 0.15) is 35.0 Å². The summed E-state index contributed by atoms with van der Waals surface area (Å²) in [5.41, 5.74) is 2.14. The van der Waals surface area contributed by atoms with Gasteiger partial charge in [0.1, 0.15) is 5.76 Å². The number of carbonyl (C=O) groups is 2. The molecule has 2 N–H and O–H groups in total. The molecule has 1 saturated heterocycles. The summed E-state index contributed by atoms with van der Waals surface area (Å²) in [5, 5.41) is 18.2. The van der Waals surface area contributed by atoms with E-state index in [-0.39, 0.29) is 11.3 Å². The van der Waals surface area contributed by atoms with Crippen molar-refractivity contribution in [3.8, 4) is 11.5 Å². The number of aryl methyl sites for hydroxylation is 2. The Bertz CT molecular complexity index is 1040. The lowest BCUT2D eigenvalue weighted by Crippen LogP contribution is -2.32. The summed E-state index contributed by atoms with van der Waals surface area (Å²) in [6.45, 7) is 4.56. The smallest absolute Gasteiger partial charge is 0.295 e. The average molecular weight is 443 g/mol. The van der Waals surface area contributed by atoms with Crippen LogP contribution in [0.15, 0.2) is 23.8 Å². The van der Waals surface area contributed by atoms with Crippen LogP contribution in [-0.4, -0.2) is 78.2 Å². The van der Waals surface area contributed by atoms with Crippen LogP contribution in [-0.2, 0) is 9.59 Å². The number of H-pyrrole nitrogens is 1. The van der Waals surface area contributed by atoms with Gasteiger partial charge in [-0.2, -0.15) is 5.10 Å². The summed E-state index contributed by atoms with van der Waals surface area (Å²) in [7, 11) is 6.92. The number of carbonyl (C=O) groups excluding carboxylic acids is 2. The van der Waals surface area contributed by atoms with Gasteiger partial charge in [0.15, 0.2) is 11.5 Å². The van der Waals surface area contributed by atoms with Gasteiger partial charge in [0.25, 0.3) is 11.7 Å². The van der Waals surface area contributed by atoms with Gasteiger partial charge in [-0.15, -0.1) is 0 Å². The molecule has 9 nitrogen and oxygen atoms in total. The molecule has 0 bridgehead atoms. The fraction of sp³-hybridized carbons (Fsp3) is 0.435. The number of ether oxygens (including phenoxy) is 2. The SMILES string of the molecule is COc1cccc(C2/C(=C(\O)c3c(C)n[nH]c3C)C(=O)C(=O)N2CCCN(C)C)c1OC. The molecule has 0 radical (unpaired) electrons. The largest absolute Gasteiger partial charge is 0.507 e. The van der Waals surface area contributed by atoms with Crippen LogP contribution in [0.25, 0.3) is 5.76 Å². The Morgan fingerprint density at radius 2 is 1.94 bits per heavy atom. The molecule has 0 saturated carbocycles. The lowest BCUT2D eigenvalue weighted by Gasteiger charge is -2.27. The minimum absolute atomic E-state index is 0.0130. The van der Waals surface area contributed by atoms with Gasteiger partial charge in [0, 0.05) is 17.8 Å². The van der Waals surface area contributed by atoms with Crippen molar-refractivity contribution in [1.82, 2.24) is 20.0 Å². The predicted molar refractivity (Wildman–Crippen MR) is 120 cm³/mol. The summed E-state index contributed by atoms with van der Waals surface area (Å²) >= 11 is 0. The fourth-order valence-electron chi connectivity index (χ4n) is 4.15. The fourth-order valence-corrected chi connectivity index (χ4v) is 4.15. The molecule has 2 heterocycles. The first-order valence-corrected chi connectivity index (χ1v) is 10.4. The zero-order valence-electron chi connectivity index (χ0n) is 19.4. The minimum Gasteiger partial charge on any atom is -0.507 e. The molecule has 1 amide bonds. The topological polar surface area (TPSA) is 108 Å². The molecule has 0 aliphatic carbocycles. The normalized spacial score (nSPS) is 18.0. The first-order valence-electron chi connectivity index (χ1n) is 10.4. The van der Waals surface area contributed by atoms with E-state index in [0.717, 1.165) is 6.54 Å². The van der Waals surface area contributed by atoms with Crippen molar-refractivity contribution in [2.75, 3.05) is 41.4 Å². The van der Waals surface area contributed by atoms with Crippen LogP contribution < -0.4 is 9.47 Å². The Hall–Kier alpha value is -3.33. The van der Waals surface area contributed by atoms with E-state index in [1.165, 1.54) is 19.1 Å². The lowest BCUT2D eigenvalue weighted by molar-refractivity contribution is -0.140. The van der Waals surface area contributed by atoms with Crippen molar-refractivity contribution >= 4 is 17.4 Å². The van der Waals surface area contributed by atoms with Crippen molar-refractivity contribution < 1.29 is 24.2 Å². The van der Waals surface area contributed by atoms with Crippen LogP contribution in [0.4, 0.5) is 0 Å². The second-order valence-corrected chi connectivity index (χ2v) is 8.04. The third-order valence-corrected chi connectivity index (χ3v) is 5.64. The van der Waals surface area contributed by atoms with E-state index in [9.17, 15) is 14.7 Å². The Morgan fingerprint density at radius 3 is 2.50 bits per heavy atom. The first kappa shape index (κ1) is 23.3. The molecule has 1 atom stereocenters. The van der Waals surface area contributed by atoms with Crippen molar-refractivity contribution in [1.29, 1.82) is 0 Å². The van der Waals surface area contributed by atoms with Crippen LogP contribution >= 0.6 is 0 Å². The Morgan fingerprint density at radius 1 is 1.22 bits per heavy atom. The van der Waals surface area contributed by atoms with E-state index in [4.69, 9.17) is 9.47 Å². The number of hydrogen-bond donors (Lipinski definition) is 2. The minimum atomic E-state index is -0.823. The lowest BCUT2D eigenvalue weighted by atomic mass is 9.93. The number of para-hydroxylation sites is 1. The van der Waals surface area contributed by atoms with Crippen molar-refractivity contribution in [3.63, 3.8) is 0 Å². The van der Waals surface area contributed by atoms with Gasteiger partial charge >= 0.3 is 0 Å². The molecule has 1 aromatic carbocycles. The summed E-state index contributed by atoms with van der Waals surface area (Å²) in [4.78, 5) is 29.8. The molecule has 1 aliphatic heterocycles. The standard InChI is InChI=1S/C23H30N4O5/c1-13-17(14(2)25-24-13)20(28)18-19(15-9-7-10-16(31-5)22(15)32-6)27(23(30)21(18)29)12-8-11-26(3)4/h7,9-10,19,28H,8,11-12H2,1-6H3,(H,24,25)/b20-18+. The third-order valence-electron chi connectivity index (χ3n) is 5.64.